The van der Waals surface area contributed by atoms with Gasteiger partial charge in [-0.2, -0.15) is 13.5 Å². The predicted molar refractivity (Wildman–Crippen MR) is 95.2 cm³/mol. The second kappa shape index (κ2) is 6.15. The maximum Gasteiger partial charge on any atom is 0.296 e. The lowest BCUT2D eigenvalue weighted by molar-refractivity contribution is 0.472. The van der Waals surface area contributed by atoms with Crippen molar-refractivity contribution in [2.45, 2.75) is 11.8 Å². The largest absolute Gasteiger partial charge is 0.505 e. The molecular weight excluding hydrogens is 342 g/mol. The Morgan fingerprint density at radius 2 is 1.68 bits per heavy atom. The van der Waals surface area contributed by atoms with Crippen LogP contribution in [-0.2, 0) is 10.1 Å². The van der Waals surface area contributed by atoms with Crippen LogP contribution in [0.2, 0.25) is 0 Å². The van der Waals surface area contributed by atoms with E-state index in [1.54, 1.807) is 24.3 Å². The summed E-state index contributed by atoms with van der Waals surface area (Å²) in [5.74, 6) is -0.402. The molecule has 0 atom stereocenters. The minimum Gasteiger partial charge on any atom is -0.505 e. The van der Waals surface area contributed by atoms with Crippen LogP contribution in [0.1, 0.15) is 5.56 Å². The molecule has 4 N–H and O–H groups in total. The smallest absolute Gasteiger partial charge is 0.296 e. The number of aromatic hydroxyl groups is 1. The van der Waals surface area contributed by atoms with Gasteiger partial charge in [0, 0.05) is 11.1 Å². The fourth-order valence-corrected chi connectivity index (χ4v) is 3.04. The Balaban J connectivity index is 2.23. The highest BCUT2D eigenvalue weighted by atomic mass is 32.2. The third kappa shape index (κ3) is 3.44. The number of fused-ring (bicyclic) bond motifs is 1. The van der Waals surface area contributed by atoms with Crippen molar-refractivity contribution in [2.24, 2.45) is 10.2 Å². The van der Waals surface area contributed by atoms with Gasteiger partial charge < -0.3 is 10.8 Å². The Morgan fingerprint density at radius 3 is 2.32 bits per heavy atom. The Labute approximate surface area is 144 Å². The number of benzene rings is 3. The molecule has 3 rings (SSSR count). The lowest BCUT2D eigenvalue weighted by Gasteiger charge is -2.09. The second-order valence-corrected chi connectivity index (χ2v) is 6.95. The second-order valence-electron chi connectivity index (χ2n) is 5.56. The zero-order valence-electron chi connectivity index (χ0n) is 13.2. The molecule has 3 aromatic rings. The van der Waals surface area contributed by atoms with Crippen LogP contribution in [-0.4, -0.2) is 18.1 Å². The Kier molecular flexibility index (Phi) is 4.15. The lowest BCUT2D eigenvalue weighted by atomic mass is 10.1. The Hall–Kier alpha value is -2.97. The molecule has 0 spiro atoms. The number of anilines is 1. The number of azo groups is 1. The van der Waals surface area contributed by atoms with Gasteiger partial charge in [-0.3, -0.25) is 4.55 Å². The van der Waals surface area contributed by atoms with Crippen LogP contribution in [0.3, 0.4) is 0 Å². The molecule has 7 nitrogen and oxygen atoms in total. The summed E-state index contributed by atoms with van der Waals surface area (Å²) >= 11 is 0. The molecule has 0 radical (unpaired) electrons. The van der Waals surface area contributed by atoms with E-state index in [0.717, 1.165) is 5.56 Å². The van der Waals surface area contributed by atoms with Gasteiger partial charge in [-0.05, 0) is 48.7 Å². The van der Waals surface area contributed by atoms with E-state index in [1.165, 1.54) is 12.1 Å². The monoisotopic (exact) mass is 357 g/mol. The van der Waals surface area contributed by atoms with Crippen molar-refractivity contribution in [2.75, 3.05) is 5.73 Å². The van der Waals surface area contributed by atoms with Gasteiger partial charge in [0.25, 0.3) is 10.1 Å². The van der Waals surface area contributed by atoms with Crippen molar-refractivity contribution in [3.05, 3.63) is 54.1 Å². The number of aryl methyl sites for hydroxylation is 1. The van der Waals surface area contributed by atoms with E-state index in [-0.39, 0.29) is 5.69 Å². The number of nitrogens with zero attached hydrogens (tertiary/aromatic N) is 2. The molecule has 0 saturated heterocycles. The zero-order chi connectivity index (χ0) is 18.2. The van der Waals surface area contributed by atoms with Gasteiger partial charge in [0.05, 0.1) is 5.69 Å². The summed E-state index contributed by atoms with van der Waals surface area (Å²) in [7, 11) is -4.63. The van der Waals surface area contributed by atoms with Crippen molar-refractivity contribution >= 4 is 38.0 Å². The van der Waals surface area contributed by atoms with E-state index in [0.29, 0.717) is 22.1 Å². The van der Waals surface area contributed by atoms with E-state index in [4.69, 9.17) is 5.73 Å². The minimum absolute atomic E-state index is 0.333. The van der Waals surface area contributed by atoms with Crippen LogP contribution in [0, 0.1) is 6.92 Å². The summed E-state index contributed by atoms with van der Waals surface area (Å²) in [5, 5.41) is 18.9. The SMILES string of the molecule is Cc1ccc(N=Nc2c(S(=O)(=O)O)cc3cc(N)ccc3c2O)cc1. The summed E-state index contributed by atoms with van der Waals surface area (Å²) in [6.07, 6.45) is 0. The average Bonchev–Trinajstić information content (AvgIpc) is 2.54. The third-order valence-electron chi connectivity index (χ3n) is 3.65. The predicted octanol–water partition coefficient (Wildman–Crippen LogP) is 4.10. The maximum atomic E-state index is 11.7. The van der Waals surface area contributed by atoms with Crippen LogP contribution < -0.4 is 5.73 Å². The lowest BCUT2D eigenvalue weighted by Crippen LogP contribution is -1.99. The highest BCUT2D eigenvalue weighted by Crippen LogP contribution is 2.41. The van der Waals surface area contributed by atoms with Gasteiger partial charge in [-0.15, -0.1) is 5.11 Å². The minimum atomic E-state index is -4.63. The quantitative estimate of drug-likeness (QED) is 0.370. The van der Waals surface area contributed by atoms with E-state index in [2.05, 4.69) is 10.2 Å². The first-order valence-electron chi connectivity index (χ1n) is 7.27. The fourth-order valence-electron chi connectivity index (χ4n) is 2.38. The molecule has 0 unspecified atom stereocenters. The van der Waals surface area contributed by atoms with E-state index in [9.17, 15) is 18.1 Å². The summed E-state index contributed by atoms with van der Waals surface area (Å²) in [4.78, 5) is -0.543. The Morgan fingerprint density at radius 1 is 1.00 bits per heavy atom. The standard InChI is InChI=1S/C17H15N3O4S/c1-10-2-5-13(6-3-10)19-20-16-15(25(22,23)24)9-11-8-12(18)4-7-14(11)17(16)21/h2-9,21H,18H2,1H3,(H,22,23,24). The normalized spacial score (nSPS) is 12.1. The molecule has 0 aliphatic heterocycles. The van der Waals surface area contributed by atoms with Crippen molar-refractivity contribution in [1.29, 1.82) is 0 Å². The molecular formula is C17H15N3O4S. The van der Waals surface area contributed by atoms with Crippen molar-refractivity contribution < 1.29 is 18.1 Å². The molecule has 0 aliphatic rings. The summed E-state index contributed by atoms with van der Waals surface area (Å²) in [6.45, 7) is 1.91. The van der Waals surface area contributed by atoms with Crippen LogP contribution in [0.15, 0.2) is 63.7 Å². The molecule has 0 bridgehead atoms. The van der Waals surface area contributed by atoms with Crippen molar-refractivity contribution in [3.8, 4) is 5.75 Å². The van der Waals surface area contributed by atoms with Crippen molar-refractivity contribution in [3.63, 3.8) is 0 Å². The van der Waals surface area contributed by atoms with E-state index in [1.807, 2.05) is 19.1 Å². The number of nitrogen functional groups attached to an aromatic ring is 1. The first kappa shape index (κ1) is 16.9. The highest BCUT2D eigenvalue weighted by molar-refractivity contribution is 7.86. The average molecular weight is 357 g/mol. The van der Waals surface area contributed by atoms with Crippen LogP contribution in [0.25, 0.3) is 10.8 Å². The van der Waals surface area contributed by atoms with Crippen LogP contribution >= 0.6 is 0 Å². The van der Waals surface area contributed by atoms with Crippen molar-refractivity contribution in [1.82, 2.24) is 0 Å². The molecule has 0 fully saturated rings. The zero-order valence-corrected chi connectivity index (χ0v) is 14.0. The molecule has 0 saturated carbocycles. The topological polar surface area (TPSA) is 125 Å². The van der Waals surface area contributed by atoms with Crippen LogP contribution in [0.4, 0.5) is 17.1 Å². The van der Waals surface area contributed by atoms with Gasteiger partial charge in [-0.1, -0.05) is 17.7 Å². The Bertz CT molecular complexity index is 1090. The molecule has 0 aliphatic carbocycles. The molecule has 25 heavy (non-hydrogen) atoms. The number of phenols is 1. The molecule has 128 valence electrons. The summed E-state index contributed by atoms with van der Waals surface area (Å²) < 4.78 is 32.9. The van der Waals surface area contributed by atoms with Gasteiger partial charge in [0.1, 0.15) is 10.6 Å². The first-order chi connectivity index (χ1) is 11.8. The number of phenolic OH excluding ortho intramolecular Hbond substituents is 1. The van der Waals surface area contributed by atoms with E-state index >= 15 is 0 Å². The molecule has 8 heteroatoms. The number of nitrogens with two attached hydrogens (primary N) is 1. The molecule has 3 aromatic carbocycles. The maximum absolute atomic E-state index is 11.7. The number of hydrogen-bond acceptors (Lipinski definition) is 6. The fraction of sp³-hybridized carbons (Fsp3) is 0.0588. The molecule has 0 amide bonds. The van der Waals surface area contributed by atoms with Gasteiger partial charge in [0.2, 0.25) is 0 Å². The molecule has 0 aromatic heterocycles. The van der Waals surface area contributed by atoms with Gasteiger partial charge >= 0.3 is 0 Å². The highest BCUT2D eigenvalue weighted by Gasteiger charge is 2.22. The summed E-state index contributed by atoms with van der Waals surface area (Å²) in [5.41, 5.74) is 7.25. The first-order valence-corrected chi connectivity index (χ1v) is 8.71. The number of hydrogen-bond donors (Lipinski definition) is 3. The van der Waals surface area contributed by atoms with E-state index < -0.39 is 20.8 Å². The third-order valence-corrected chi connectivity index (χ3v) is 4.52. The van der Waals surface area contributed by atoms with Crippen LogP contribution in [0.5, 0.6) is 5.75 Å². The number of rotatable bonds is 3. The van der Waals surface area contributed by atoms with Gasteiger partial charge in [0.15, 0.2) is 5.75 Å². The summed E-state index contributed by atoms with van der Waals surface area (Å²) in [6, 6.07) is 12.8. The van der Waals surface area contributed by atoms with Gasteiger partial charge in [-0.25, -0.2) is 0 Å². The molecule has 0 heterocycles.